The number of carbonyl (C=O) groups excluding carboxylic acids is 3. The van der Waals surface area contributed by atoms with Crippen molar-refractivity contribution in [1.29, 1.82) is 0 Å². The number of carbonyl (C=O) groups is 3. The van der Waals surface area contributed by atoms with Gasteiger partial charge in [-0.3, -0.25) is 9.59 Å². The molecule has 0 aliphatic rings. The van der Waals surface area contributed by atoms with Gasteiger partial charge in [0.25, 0.3) is 5.91 Å². The number of hydrogen-bond donors (Lipinski definition) is 3. The fourth-order valence-electron chi connectivity index (χ4n) is 4.80. The molecule has 0 bridgehead atoms. The number of rotatable bonds is 11. The highest BCUT2D eigenvalue weighted by molar-refractivity contribution is 6.00. The zero-order valence-electron chi connectivity index (χ0n) is 26.4. The van der Waals surface area contributed by atoms with Crippen molar-refractivity contribution >= 4 is 23.6 Å². The maximum Gasteiger partial charge on any atom is 0.408 e. The molecule has 2 rings (SSSR count). The monoisotopic (exact) mass is 567 g/mol. The number of nitrogens with zero attached hydrogens (tertiary/aromatic N) is 1. The van der Waals surface area contributed by atoms with Crippen molar-refractivity contribution in [2.45, 2.75) is 106 Å². The van der Waals surface area contributed by atoms with Crippen molar-refractivity contribution in [1.82, 2.24) is 10.2 Å². The van der Waals surface area contributed by atoms with E-state index in [4.69, 9.17) is 4.74 Å². The minimum atomic E-state index is -1.30. The van der Waals surface area contributed by atoms with E-state index in [1.54, 1.807) is 20.8 Å². The van der Waals surface area contributed by atoms with Crippen LogP contribution in [0.25, 0.3) is 0 Å². The Bertz CT molecular complexity index is 1200. The zero-order chi connectivity index (χ0) is 31.1. The first-order valence-corrected chi connectivity index (χ1v) is 14.4. The van der Waals surface area contributed by atoms with Crippen molar-refractivity contribution < 1.29 is 24.2 Å². The lowest BCUT2D eigenvalue weighted by molar-refractivity contribution is -0.144. The molecule has 3 unspecified atom stereocenters. The standard InChI is InChI=1S/C33H49N3O5/c1-20(2)14-17-25(7)36(31(39)27(19-37)34-32(40)41-33(8,9)10)29(26-18-21(3)15-16-22(26)4)30(38)35-28-23(5)12-11-13-24(28)6/h11-13,15-16,18,20,25,27,29,37H,14,17,19H2,1-10H3,(H,34,40)(H,35,38). The number of anilines is 1. The maximum atomic E-state index is 14.3. The van der Waals surface area contributed by atoms with E-state index in [0.717, 1.165) is 28.7 Å². The number of para-hydroxylation sites is 1. The number of ether oxygens (including phenoxy) is 1. The lowest BCUT2D eigenvalue weighted by Gasteiger charge is -2.39. The summed E-state index contributed by atoms with van der Waals surface area (Å²) in [6.07, 6.45) is 0.640. The van der Waals surface area contributed by atoms with Gasteiger partial charge in [-0.15, -0.1) is 0 Å². The molecule has 0 saturated heterocycles. The third-order valence-electron chi connectivity index (χ3n) is 7.05. The lowest BCUT2D eigenvalue weighted by Crippen LogP contribution is -2.56. The summed E-state index contributed by atoms with van der Waals surface area (Å²) in [7, 11) is 0. The highest BCUT2D eigenvalue weighted by Crippen LogP contribution is 2.32. The van der Waals surface area contributed by atoms with Gasteiger partial charge in [-0.1, -0.05) is 55.8 Å². The average molecular weight is 568 g/mol. The molecule has 3 N–H and O–H groups in total. The van der Waals surface area contributed by atoms with Crippen LogP contribution >= 0.6 is 0 Å². The second kappa shape index (κ2) is 14.5. The fraction of sp³-hybridized carbons (Fsp3) is 0.545. The van der Waals surface area contributed by atoms with Gasteiger partial charge in [-0.05, 0) is 96.4 Å². The Morgan fingerprint density at radius 1 is 0.927 bits per heavy atom. The maximum absolute atomic E-state index is 14.3. The van der Waals surface area contributed by atoms with E-state index in [-0.39, 0.29) is 11.9 Å². The summed E-state index contributed by atoms with van der Waals surface area (Å²) in [6.45, 7) is 18.3. The van der Waals surface area contributed by atoms with Crippen molar-refractivity contribution in [2.24, 2.45) is 5.92 Å². The summed E-state index contributed by atoms with van der Waals surface area (Å²) in [5, 5.41) is 15.9. The van der Waals surface area contributed by atoms with Gasteiger partial charge < -0.3 is 25.4 Å². The third kappa shape index (κ3) is 9.59. The first-order valence-electron chi connectivity index (χ1n) is 14.4. The summed E-state index contributed by atoms with van der Waals surface area (Å²) < 4.78 is 5.36. The van der Waals surface area contributed by atoms with Crippen LogP contribution < -0.4 is 10.6 Å². The van der Waals surface area contributed by atoms with Gasteiger partial charge in [0.15, 0.2) is 0 Å². The minimum Gasteiger partial charge on any atom is -0.444 e. The number of hydrogen-bond acceptors (Lipinski definition) is 5. The molecular formula is C33H49N3O5. The van der Waals surface area contributed by atoms with Gasteiger partial charge >= 0.3 is 6.09 Å². The molecule has 0 aromatic heterocycles. The number of aliphatic hydroxyl groups is 1. The minimum absolute atomic E-state index is 0.366. The van der Waals surface area contributed by atoms with Crippen LogP contribution in [0.3, 0.4) is 0 Å². The predicted molar refractivity (Wildman–Crippen MR) is 164 cm³/mol. The smallest absolute Gasteiger partial charge is 0.408 e. The second-order valence-corrected chi connectivity index (χ2v) is 12.5. The Hall–Kier alpha value is -3.39. The molecule has 0 spiro atoms. The van der Waals surface area contributed by atoms with E-state index < -0.39 is 36.3 Å². The second-order valence-electron chi connectivity index (χ2n) is 12.5. The Balaban J connectivity index is 2.67. The first kappa shape index (κ1) is 33.8. The highest BCUT2D eigenvalue weighted by atomic mass is 16.6. The lowest BCUT2D eigenvalue weighted by atomic mass is 9.93. The number of benzene rings is 2. The van der Waals surface area contributed by atoms with E-state index in [9.17, 15) is 19.5 Å². The van der Waals surface area contributed by atoms with Crippen LogP contribution in [0.2, 0.25) is 0 Å². The Morgan fingerprint density at radius 2 is 1.54 bits per heavy atom. The summed E-state index contributed by atoms with van der Waals surface area (Å²) >= 11 is 0. The van der Waals surface area contributed by atoms with Crippen LogP contribution in [-0.4, -0.2) is 52.2 Å². The molecule has 2 aromatic carbocycles. The molecule has 0 radical (unpaired) electrons. The van der Waals surface area contributed by atoms with Gasteiger partial charge in [0.2, 0.25) is 5.91 Å². The van der Waals surface area contributed by atoms with E-state index in [2.05, 4.69) is 24.5 Å². The van der Waals surface area contributed by atoms with Crippen LogP contribution in [0.5, 0.6) is 0 Å². The van der Waals surface area contributed by atoms with E-state index in [0.29, 0.717) is 23.6 Å². The molecule has 3 amide bonds. The summed E-state index contributed by atoms with van der Waals surface area (Å²) in [5.41, 5.74) is 4.21. The summed E-state index contributed by atoms with van der Waals surface area (Å²) in [5.74, 6) is -0.544. The molecule has 8 nitrogen and oxygen atoms in total. The summed E-state index contributed by atoms with van der Waals surface area (Å²) in [6, 6.07) is 8.92. The molecule has 0 aliphatic carbocycles. The van der Waals surface area contributed by atoms with E-state index in [1.807, 2.05) is 71.0 Å². The Labute approximate surface area is 245 Å². The first-order chi connectivity index (χ1) is 19.0. The number of amides is 3. The zero-order valence-corrected chi connectivity index (χ0v) is 26.4. The van der Waals surface area contributed by atoms with Crippen LogP contribution in [-0.2, 0) is 14.3 Å². The third-order valence-corrected chi connectivity index (χ3v) is 7.05. The normalized spacial score (nSPS) is 13.8. The predicted octanol–water partition coefficient (Wildman–Crippen LogP) is 6.14. The largest absolute Gasteiger partial charge is 0.444 e. The van der Waals surface area contributed by atoms with Crippen LogP contribution in [0.4, 0.5) is 10.5 Å². The molecule has 8 heteroatoms. The molecule has 0 fully saturated rings. The molecule has 0 heterocycles. The molecule has 41 heavy (non-hydrogen) atoms. The quantitative estimate of drug-likeness (QED) is 0.302. The van der Waals surface area contributed by atoms with Gasteiger partial charge in [-0.25, -0.2) is 4.79 Å². The Morgan fingerprint density at radius 3 is 2.07 bits per heavy atom. The van der Waals surface area contributed by atoms with Crippen molar-refractivity contribution in [2.75, 3.05) is 11.9 Å². The Kier molecular flexibility index (Phi) is 11.9. The van der Waals surface area contributed by atoms with Crippen molar-refractivity contribution in [3.8, 4) is 0 Å². The SMILES string of the molecule is Cc1ccc(C)c(C(C(=O)Nc2c(C)cccc2C)N(C(=O)C(CO)NC(=O)OC(C)(C)C)C(C)CCC(C)C)c1. The van der Waals surface area contributed by atoms with Crippen LogP contribution in [0, 0.1) is 33.6 Å². The van der Waals surface area contributed by atoms with Crippen molar-refractivity contribution in [3.05, 3.63) is 64.2 Å². The number of aliphatic hydroxyl groups excluding tert-OH is 1. The molecule has 226 valence electrons. The molecule has 0 aliphatic heterocycles. The average Bonchev–Trinajstić information content (AvgIpc) is 2.86. The number of aryl methyl sites for hydroxylation is 4. The number of nitrogens with one attached hydrogen (secondary N) is 2. The fourth-order valence-corrected chi connectivity index (χ4v) is 4.80. The van der Waals surface area contributed by atoms with E-state index >= 15 is 0 Å². The van der Waals surface area contributed by atoms with Gasteiger partial charge in [0, 0.05) is 11.7 Å². The van der Waals surface area contributed by atoms with Gasteiger partial charge in [0.05, 0.1) is 6.61 Å². The molecule has 2 aromatic rings. The summed E-state index contributed by atoms with van der Waals surface area (Å²) in [4.78, 5) is 42.8. The topological polar surface area (TPSA) is 108 Å². The molecule has 3 atom stereocenters. The van der Waals surface area contributed by atoms with E-state index in [1.165, 1.54) is 4.90 Å². The highest BCUT2D eigenvalue weighted by Gasteiger charge is 2.39. The van der Waals surface area contributed by atoms with Crippen LogP contribution in [0.1, 0.15) is 88.2 Å². The van der Waals surface area contributed by atoms with Crippen molar-refractivity contribution in [3.63, 3.8) is 0 Å². The van der Waals surface area contributed by atoms with Gasteiger partial charge in [0.1, 0.15) is 17.7 Å². The van der Waals surface area contributed by atoms with Crippen LogP contribution in [0.15, 0.2) is 36.4 Å². The molecular weight excluding hydrogens is 518 g/mol. The van der Waals surface area contributed by atoms with Gasteiger partial charge in [-0.2, -0.15) is 0 Å². The number of alkyl carbamates (subject to hydrolysis) is 1. The molecule has 0 saturated carbocycles.